The molecule has 1 aromatic rings. The standard InChI is InChI=1S/C14H25N5/c1-3-4-12-17-13(8-14(18-12)19-15)16-9-11-6-5-10(2)7-11/h8,10-11H,3-7,9,15H2,1-2H3,(H2,16,17,18,19). The van der Waals surface area contributed by atoms with Gasteiger partial charge in [-0.05, 0) is 31.1 Å². The van der Waals surface area contributed by atoms with Crippen LogP contribution in [-0.2, 0) is 6.42 Å². The van der Waals surface area contributed by atoms with E-state index >= 15 is 0 Å². The van der Waals surface area contributed by atoms with E-state index in [0.29, 0.717) is 5.82 Å². The SMILES string of the molecule is CCCc1nc(NN)cc(NCC2CCC(C)C2)n1. The molecule has 0 aliphatic heterocycles. The minimum Gasteiger partial charge on any atom is -0.370 e. The summed E-state index contributed by atoms with van der Waals surface area (Å²) in [7, 11) is 0. The van der Waals surface area contributed by atoms with Crippen molar-refractivity contribution in [1.29, 1.82) is 0 Å². The molecule has 1 aliphatic carbocycles. The second-order valence-electron chi connectivity index (χ2n) is 5.61. The maximum absolute atomic E-state index is 5.45. The number of hydrogen-bond acceptors (Lipinski definition) is 5. The molecule has 2 unspecified atom stereocenters. The maximum atomic E-state index is 5.45. The summed E-state index contributed by atoms with van der Waals surface area (Å²) in [4.78, 5) is 8.88. The number of nitrogens with two attached hydrogens (primary N) is 1. The molecule has 1 aliphatic rings. The number of nitrogen functional groups attached to an aromatic ring is 1. The molecule has 0 radical (unpaired) electrons. The van der Waals surface area contributed by atoms with Gasteiger partial charge in [-0.2, -0.15) is 0 Å². The Bertz CT molecular complexity index is 407. The summed E-state index contributed by atoms with van der Waals surface area (Å²) in [6.07, 6.45) is 5.91. The molecular formula is C14H25N5. The summed E-state index contributed by atoms with van der Waals surface area (Å²) >= 11 is 0. The Balaban J connectivity index is 1.96. The number of hydrazine groups is 1. The molecule has 19 heavy (non-hydrogen) atoms. The normalized spacial score (nSPS) is 22.5. The quantitative estimate of drug-likeness (QED) is 0.543. The number of aromatic nitrogens is 2. The summed E-state index contributed by atoms with van der Waals surface area (Å²) < 4.78 is 0. The lowest BCUT2D eigenvalue weighted by molar-refractivity contribution is 0.536. The van der Waals surface area contributed by atoms with Crippen LogP contribution in [0.4, 0.5) is 11.6 Å². The first-order valence-electron chi connectivity index (χ1n) is 7.29. The molecule has 5 heteroatoms. The van der Waals surface area contributed by atoms with Gasteiger partial charge in [-0.15, -0.1) is 0 Å². The van der Waals surface area contributed by atoms with E-state index < -0.39 is 0 Å². The van der Waals surface area contributed by atoms with E-state index in [2.05, 4.69) is 34.6 Å². The third-order valence-corrected chi connectivity index (χ3v) is 3.77. The van der Waals surface area contributed by atoms with E-state index in [9.17, 15) is 0 Å². The van der Waals surface area contributed by atoms with Gasteiger partial charge >= 0.3 is 0 Å². The molecule has 0 saturated heterocycles. The van der Waals surface area contributed by atoms with Gasteiger partial charge in [-0.25, -0.2) is 15.8 Å². The second kappa shape index (κ2) is 6.70. The summed E-state index contributed by atoms with van der Waals surface area (Å²) in [5.74, 6) is 9.50. The van der Waals surface area contributed by atoms with E-state index in [1.807, 2.05) is 6.07 Å². The molecule has 0 bridgehead atoms. The van der Waals surface area contributed by atoms with Crippen molar-refractivity contribution in [3.05, 3.63) is 11.9 Å². The van der Waals surface area contributed by atoms with Crippen molar-refractivity contribution in [3.8, 4) is 0 Å². The predicted molar refractivity (Wildman–Crippen MR) is 78.8 cm³/mol. The lowest BCUT2D eigenvalue weighted by atomic mass is 10.1. The number of anilines is 2. The van der Waals surface area contributed by atoms with Gasteiger partial charge in [0, 0.05) is 19.0 Å². The highest BCUT2D eigenvalue weighted by Gasteiger charge is 2.21. The van der Waals surface area contributed by atoms with E-state index in [-0.39, 0.29) is 0 Å². The van der Waals surface area contributed by atoms with E-state index in [0.717, 1.165) is 42.9 Å². The molecule has 1 fully saturated rings. The highest BCUT2D eigenvalue weighted by Crippen LogP contribution is 2.30. The lowest BCUT2D eigenvalue weighted by Crippen LogP contribution is -2.15. The number of nitrogens with zero attached hydrogens (tertiary/aromatic N) is 2. The van der Waals surface area contributed by atoms with Gasteiger partial charge in [0.2, 0.25) is 0 Å². The van der Waals surface area contributed by atoms with Crippen LogP contribution in [0, 0.1) is 11.8 Å². The van der Waals surface area contributed by atoms with Crippen molar-refractivity contribution in [2.45, 2.75) is 46.0 Å². The molecule has 0 aromatic carbocycles. The molecule has 2 rings (SSSR count). The lowest BCUT2D eigenvalue weighted by Gasteiger charge is -2.13. The van der Waals surface area contributed by atoms with Crippen LogP contribution in [-0.4, -0.2) is 16.5 Å². The third kappa shape index (κ3) is 4.06. The zero-order chi connectivity index (χ0) is 13.7. The first-order chi connectivity index (χ1) is 9.21. The highest BCUT2D eigenvalue weighted by atomic mass is 15.3. The van der Waals surface area contributed by atoms with Crippen LogP contribution in [0.3, 0.4) is 0 Å². The minimum absolute atomic E-state index is 0.681. The Morgan fingerprint density at radius 3 is 2.74 bits per heavy atom. The molecule has 4 N–H and O–H groups in total. The van der Waals surface area contributed by atoms with E-state index in [1.165, 1.54) is 19.3 Å². The zero-order valence-corrected chi connectivity index (χ0v) is 11.9. The second-order valence-corrected chi connectivity index (χ2v) is 5.61. The van der Waals surface area contributed by atoms with Gasteiger partial charge in [-0.3, -0.25) is 0 Å². The molecule has 106 valence electrons. The van der Waals surface area contributed by atoms with Crippen LogP contribution in [0.25, 0.3) is 0 Å². The van der Waals surface area contributed by atoms with Gasteiger partial charge in [0.15, 0.2) is 0 Å². The van der Waals surface area contributed by atoms with E-state index in [4.69, 9.17) is 5.84 Å². The summed E-state index contributed by atoms with van der Waals surface area (Å²) in [6.45, 7) is 5.45. The first-order valence-corrected chi connectivity index (χ1v) is 7.29. The average molecular weight is 263 g/mol. The Morgan fingerprint density at radius 1 is 1.32 bits per heavy atom. The van der Waals surface area contributed by atoms with Gasteiger partial charge in [0.05, 0.1) is 0 Å². The number of nitrogens with one attached hydrogen (secondary N) is 2. The van der Waals surface area contributed by atoms with Crippen molar-refractivity contribution in [1.82, 2.24) is 9.97 Å². The van der Waals surface area contributed by atoms with Gasteiger partial charge in [0.1, 0.15) is 17.5 Å². The monoisotopic (exact) mass is 263 g/mol. The Morgan fingerprint density at radius 2 is 2.11 bits per heavy atom. The average Bonchev–Trinajstić information content (AvgIpc) is 2.82. The Labute approximate surface area is 115 Å². The van der Waals surface area contributed by atoms with Crippen LogP contribution in [0.5, 0.6) is 0 Å². The summed E-state index contributed by atoms with van der Waals surface area (Å²) in [5, 5.41) is 3.43. The van der Waals surface area contributed by atoms with Crippen LogP contribution in [0.1, 0.15) is 45.4 Å². The zero-order valence-electron chi connectivity index (χ0n) is 11.9. The van der Waals surface area contributed by atoms with Gasteiger partial charge < -0.3 is 10.7 Å². The molecular weight excluding hydrogens is 238 g/mol. The molecule has 1 saturated carbocycles. The van der Waals surface area contributed by atoms with Crippen LogP contribution < -0.4 is 16.6 Å². The molecule has 0 amide bonds. The van der Waals surface area contributed by atoms with Crippen LogP contribution in [0.2, 0.25) is 0 Å². The van der Waals surface area contributed by atoms with Crippen molar-refractivity contribution in [2.75, 3.05) is 17.3 Å². The molecule has 2 atom stereocenters. The van der Waals surface area contributed by atoms with Crippen molar-refractivity contribution >= 4 is 11.6 Å². The fourth-order valence-corrected chi connectivity index (χ4v) is 2.76. The van der Waals surface area contributed by atoms with Crippen molar-refractivity contribution in [3.63, 3.8) is 0 Å². The van der Waals surface area contributed by atoms with Crippen LogP contribution in [0.15, 0.2) is 6.07 Å². The highest BCUT2D eigenvalue weighted by molar-refractivity contribution is 5.46. The number of aryl methyl sites for hydroxylation is 1. The molecule has 1 heterocycles. The minimum atomic E-state index is 0.681. The van der Waals surface area contributed by atoms with Gasteiger partial charge in [-0.1, -0.05) is 20.3 Å². The van der Waals surface area contributed by atoms with Gasteiger partial charge in [0.25, 0.3) is 0 Å². The smallest absolute Gasteiger partial charge is 0.145 e. The molecule has 5 nitrogen and oxygen atoms in total. The molecule has 1 aromatic heterocycles. The number of hydrogen-bond donors (Lipinski definition) is 3. The largest absolute Gasteiger partial charge is 0.370 e. The molecule has 0 spiro atoms. The fraction of sp³-hybridized carbons (Fsp3) is 0.714. The van der Waals surface area contributed by atoms with Crippen molar-refractivity contribution < 1.29 is 0 Å². The fourth-order valence-electron chi connectivity index (χ4n) is 2.76. The summed E-state index contributed by atoms with van der Waals surface area (Å²) in [5.41, 5.74) is 2.61. The topological polar surface area (TPSA) is 75.9 Å². The van der Waals surface area contributed by atoms with E-state index in [1.54, 1.807) is 0 Å². The number of rotatable bonds is 6. The van der Waals surface area contributed by atoms with Crippen molar-refractivity contribution in [2.24, 2.45) is 17.7 Å². The van der Waals surface area contributed by atoms with Crippen LogP contribution >= 0.6 is 0 Å². The summed E-state index contributed by atoms with van der Waals surface area (Å²) in [6, 6.07) is 1.87. The first kappa shape index (κ1) is 14.1. The third-order valence-electron chi connectivity index (χ3n) is 3.77. The Hall–Kier alpha value is -1.36. The Kier molecular flexibility index (Phi) is 4.96. The maximum Gasteiger partial charge on any atom is 0.145 e. The predicted octanol–water partition coefficient (Wildman–Crippen LogP) is 2.56.